The van der Waals surface area contributed by atoms with Gasteiger partial charge in [0.25, 0.3) is 0 Å². The number of alkyl halides is 2. The molecule has 1 heterocycles. The molecule has 0 unspecified atom stereocenters. The van der Waals surface area contributed by atoms with Gasteiger partial charge in [-0.3, -0.25) is 0 Å². The van der Waals surface area contributed by atoms with Crippen LogP contribution in [0.25, 0.3) is 0 Å². The van der Waals surface area contributed by atoms with Crippen LogP contribution in [0.1, 0.15) is 10.4 Å². The Morgan fingerprint density at radius 3 is 2.45 bits per heavy atom. The summed E-state index contributed by atoms with van der Waals surface area (Å²) in [5.74, 6) is 0. The van der Waals surface area contributed by atoms with Crippen LogP contribution >= 0.6 is 55.1 Å². The summed E-state index contributed by atoms with van der Waals surface area (Å²) >= 11 is 17.8. The summed E-state index contributed by atoms with van der Waals surface area (Å²) in [6.45, 7) is 0. The molecule has 0 spiro atoms. The van der Waals surface area contributed by atoms with Crippen molar-refractivity contribution in [1.82, 2.24) is 4.98 Å². The summed E-state index contributed by atoms with van der Waals surface area (Å²) in [7, 11) is 0. The molecular weight excluding hydrogens is 317 g/mol. The first-order chi connectivity index (χ1) is 5.11. The third-order valence-electron chi connectivity index (χ3n) is 1.07. The molecule has 5 heteroatoms. The maximum atomic E-state index is 5.62. The molecule has 60 valence electrons. The summed E-state index contributed by atoms with van der Waals surface area (Å²) in [6, 6.07) is 1.82. The number of halogens is 4. The van der Waals surface area contributed by atoms with Crippen molar-refractivity contribution in [3.05, 3.63) is 26.9 Å². The van der Waals surface area contributed by atoms with Gasteiger partial charge in [-0.15, -0.1) is 23.2 Å². The van der Waals surface area contributed by atoms with E-state index in [0.717, 1.165) is 14.6 Å². The molecule has 1 aromatic heterocycles. The lowest BCUT2D eigenvalue weighted by molar-refractivity contribution is 1.18. The van der Waals surface area contributed by atoms with E-state index in [0.29, 0.717) is 0 Å². The van der Waals surface area contributed by atoms with E-state index in [1.165, 1.54) is 0 Å². The summed E-state index contributed by atoms with van der Waals surface area (Å²) in [5, 5.41) is 0. The smallest absolute Gasteiger partial charge is 0.134 e. The van der Waals surface area contributed by atoms with Gasteiger partial charge in [-0.1, -0.05) is 0 Å². The van der Waals surface area contributed by atoms with Crippen molar-refractivity contribution >= 4 is 55.1 Å². The lowest BCUT2D eigenvalue weighted by atomic mass is 10.3. The summed E-state index contributed by atoms with van der Waals surface area (Å²) in [4.78, 5) is 3.48. The summed E-state index contributed by atoms with van der Waals surface area (Å²) in [5.41, 5.74) is 0.781. The molecule has 1 nitrogen and oxygen atoms in total. The number of hydrogen-bond acceptors (Lipinski definition) is 1. The van der Waals surface area contributed by atoms with Gasteiger partial charge in [0.05, 0.1) is 4.47 Å². The predicted molar refractivity (Wildman–Crippen MR) is 54.1 cm³/mol. The SMILES string of the molecule is ClC(Cl)c1cnc(Br)c(Br)c1. The van der Waals surface area contributed by atoms with Gasteiger partial charge in [-0.05, 0) is 37.9 Å². The van der Waals surface area contributed by atoms with Crippen LogP contribution in [-0.4, -0.2) is 4.98 Å². The highest BCUT2D eigenvalue weighted by atomic mass is 79.9. The Morgan fingerprint density at radius 1 is 1.36 bits per heavy atom. The molecule has 0 radical (unpaired) electrons. The number of rotatable bonds is 1. The Balaban J connectivity index is 3.05. The molecule has 0 aromatic carbocycles. The minimum absolute atomic E-state index is 0.521. The number of hydrogen-bond donors (Lipinski definition) is 0. The molecule has 11 heavy (non-hydrogen) atoms. The van der Waals surface area contributed by atoms with Gasteiger partial charge in [-0.25, -0.2) is 4.98 Å². The minimum Gasteiger partial charge on any atom is -0.248 e. The number of pyridine rings is 1. The van der Waals surface area contributed by atoms with Crippen LogP contribution in [0.5, 0.6) is 0 Å². The Labute approximate surface area is 91.4 Å². The van der Waals surface area contributed by atoms with Crippen molar-refractivity contribution in [2.45, 2.75) is 4.84 Å². The van der Waals surface area contributed by atoms with E-state index in [2.05, 4.69) is 36.8 Å². The molecule has 0 atom stereocenters. The van der Waals surface area contributed by atoms with E-state index in [9.17, 15) is 0 Å². The largest absolute Gasteiger partial charge is 0.248 e. The molecule has 0 N–H and O–H groups in total. The maximum absolute atomic E-state index is 5.62. The normalized spacial score (nSPS) is 10.6. The van der Waals surface area contributed by atoms with Crippen LogP contribution in [0.4, 0.5) is 0 Å². The van der Waals surface area contributed by atoms with Gasteiger partial charge in [0, 0.05) is 11.8 Å². The molecule has 0 aliphatic rings. The summed E-state index contributed by atoms with van der Waals surface area (Å²) in [6.07, 6.45) is 1.62. The molecule has 1 aromatic rings. The molecular formula is C6H3Br2Cl2N. The van der Waals surface area contributed by atoms with E-state index in [4.69, 9.17) is 23.2 Å². The zero-order chi connectivity index (χ0) is 8.43. The van der Waals surface area contributed by atoms with Crippen LogP contribution < -0.4 is 0 Å². The van der Waals surface area contributed by atoms with E-state index in [1.807, 2.05) is 6.07 Å². The number of nitrogens with zero attached hydrogens (tertiary/aromatic N) is 1. The average molecular weight is 320 g/mol. The van der Waals surface area contributed by atoms with Crippen molar-refractivity contribution < 1.29 is 0 Å². The fourth-order valence-corrected chi connectivity index (χ4v) is 1.38. The lowest BCUT2D eigenvalue weighted by Crippen LogP contribution is -1.85. The fourth-order valence-electron chi connectivity index (χ4n) is 0.555. The third-order valence-corrected chi connectivity index (χ3v) is 3.34. The van der Waals surface area contributed by atoms with Crippen LogP contribution in [-0.2, 0) is 0 Å². The first-order valence-electron chi connectivity index (χ1n) is 2.70. The summed E-state index contributed by atoms with van der Waals surface area (Å²) < 4.78 is 1.59. The van der Waals surface area contributed by atoms with Gasteiger partial charge < -0.3 is 0 Å². The first-order valence-corrected chi connectivity index (χ1v) is 5.16. The Morgan fingerprint density at radius 2 is 2.00 bits per heavy atom. The van der Waals surface area contributed by atoms with Crippen LogP contribution in [0.2, 0.25) is 0 Å². The van der Waals surface area contributed by atoms with Crippen LogP contribution in [0, 0.1) is 0 Å². The van der Waals surface area contributed by atoms with Crippen molar-refractivity contribution in [3.8, 4) is 0 Å². The first kappa shape index (κ1) is 9.78. The van der Waals surface area contributed by atoms with Gasteiger partial charge in [0.15, 0.2) is 0 Å². The number of aromatic nitrogens is 1. The molecule has 1 rings (SSSR count). The predicted octanol–water partition coefficient (Wildman–Crippen LogP) is 4.08. The molecule has 0 aliphatic carbocycles. The van der Waals surface area contributed by atoms with Crippen LogP contribution in [0.3, 0.4) is 0 Å². The Bertz CT molecular complexity index is 265. The molecule has 0 amide bonds. The monoisotopic (exact) mass is 317 g/mol. The Kier molecular flexibility index (Phi) is 3.62. The van der Waals surface area contributed by atoms with E-state index in [1.54, 1.807) is 6.20 Å². The molecule has 0 fully saturated rings. The second kappa shape index (κ2) is 4.08. The van der Waals surface area contributed by atoms with E-state index in [-0.39, 0.29) is 0 Å². The molecule has 0 aliphatic heterocycles. The van der Waals surface area contributed by atoms with Crippen molar-refractivity contribution in [1.29, 1.82) is 0 Å². The van der Waals surface area contributed by atoms with Crippen molar-refractivity contribution in [2.24, 2.45) is 0 Å². The topological polar surface area (TPSA) is 12.9 Å². The van der Waals surface area contributed by atoms with Gasteiger partial charge in [-0.2, -0.15) is 0 Å². The lowest BCUT2D eigenvalue weighted by Gasteiger charge is -2.01. The second-order valence-corrected chi connectivity index (χ2v) is 4.54. The van der Waals surface area contributed by atoms with Crippen LogP contribution in [0.15, 0.2) is 21.3 Å². The van der Waals surface area contributed by atoms with Gasteiger partial charge >= 0.3 is 0 Å². The van der Waals surface area contributed by atoms with E-state index < -0.39 is 4.84 Å². The molecule has 0 bridgehead atoms. The quantitative estimate of drug-likeness (QED) is 0.561. The highest BCUT2D eigenvalue weighted by Crippen LogP contribution is 2.29. The highest BCUT2D eigenvalue weighted by Gasteiger charge is 2.05. The standard InChI is InChI=1S/C6H3Br2Cl2N/c7-4-1-3(6(9)10)2-11-5(4)8/h1-2,6H. The Hall–Kier alpha value is 0.690. The molecule has 0 saturated carbocycles. The van der Waals surface area contributed by atoms with Crippen molar-refractivity contribution in [2.75, 3.05) is 0 Å². The van der Waals surface area contributed by atoms with Crippen molar-refractivity contribution in [3.63, 3.8) is 0 Å². The second-order valence-electron chi connectivity index (χ2n) is 1.84. The zero-order valence-electron chi connectivity index (χ0n) is 5.19. The fraction of sp³-hybridized carbons (Fsp3) is 0.167. The maximum Gasteiger partial charge on any atom is 0.134 e. The molecule has 0 saturated heterocycles. The average Bonchev–Trinajstić information content (AvgIpc) is 1.94. The highest BCUT2D eigenvalue weighted by molar-refractivity contribution is 9.13. The third kappa shape index (κ3) is 2.58. The van der Waals surface area contributed by atoms with Gasteiger partial charge in [0.1, 0.15) is 9.44 Å². The van der Waals surface area contributed by atoms with Gasteiger partial charge in [0.2, 0.25) is 0 Å². The zero-order valence-corrected chi connectivity index (χ0v) is 9.87. The van der Waals surface area contributed by atoms with E-state index >= 15 is 0 Å². The minimum atomic E-state index is -0.521.